The van der Waals surface area contributed by atoms with Crippen LogP contribution in [-0.2, 0) is 19.1 Å². The molecule has 0 aromatic rings. The molecule has 0 aromatic carbocycles. The van der Waals surface area contributed by atoms with Crippen molar-refractivity contribution in [2.75, 3.05) is 0 Å². The predicted octanol–water partition coefficient (Wildman–Crippen LogP) is 5.77. The standard InChI is InChI=1S/C27H42O4/c1-5-15(14-27(2,3)4)25(28)31-22-13-17-12-21(22)24-19-10-16(23(17)24)11-20(19)26(29)30-18-8-6-7-9-18/h15-24H,5-14H2,1-4H3. The van der Waals surface area contributed by atoms with Crippen LogP contribution in [0.15, 0.2) is 0 Å². The van der Waals surface area contributed by atoms with E-state index in [0.29, 0.717) is 29.6 Å². The van der Waals surface area contributed by atoms with Crippen LogP contribution in [0.25, 0.3) is 0 Å². The van der Waals surface area contributed by atoms with Crippen LogP contribution in [0.2, 0.25) is 0 Å². The molecule has 0 heterocycles. The molecule has 0 aliphatic heterocycles. The van der Waals surface area contributed by atoms with Crippen molar-refractivity contribution in [3.05, 3.63) is 0 Å². The fraction of sp³-hybridized carbons (Fsp3) is 0.926. The van der Waals surface area contributed by atoms with Gasteiger partial charge in [0.1, 0.15) is 12.2 Å². The second-order valence-electron chi connectivity index (χ2n) is 12.7. The van der Waals surface area contributed by atoms with E-state index >= 15 is 0 Å². The van der Waals surface area contributed by atoms with Gasteiger partial charge in [-0.05, 0) is 105 Å². The van der Waals surface area contributed by atoms with Crippen molar-refractivity contribution >= 4 is 11.9 Å². The Morgan fingerprint density at radius 3 is 2.26 bits per heavy atom. The molecule has 0 amide bonds. The molecule has 9 atom stereocenters. The van der Waals surface area contributed by atoms with E-state index in [0.717, 1.165) is 44.4 Å². The Hall–Kier alpha value is -1.06. The van der Waals surface area contributed by atoms with Crippen molar-refractivity contribution in [3.8, 4) is 0 Å². The first-order chi connectivity index (χ1) is 14.7. The molecule has 31 heavy (non-hydrogen) atoms. The van der Waals surface area contributed by atoms with Gasteiger partial charge in [-0.15, -0.1) is 0 Å². The van der Waals surface area contributed by atoms with Crippen molar-refractivity contribution in [1.29, 1.82) is 0 Å². The lowest BCUT2D eigenvalue weighted by molar-refractivity contribution is -0.164. The first-order valence-corrected chi connectivity index (χ1v) is 13.2. The van der Waals surface area contributed by atoms with Crippen molar-refractivity contribution in [1.82, 2.24) is 0 Å². The third kappa shape index (κ3) is 3.95. The Bertz CT molecular complexity index is 703. The zero-order chi connectivity index (χ0) is 21.9. The zero-order valence-corrected chi connectivity index (χ0v) is 20.0. The topological polar surface area (TPSA) is 52.6 Å². The van der Waals surface area contributed by atoms with Crippen LogP contribution < -0.4 is 0 Å². The average molecular weight is 431 g/mol. The van der Waals surface area contributed by atoms with Crippen molar-refractivity contribution < 1.29 is 19.1 Å². The van der Waals surface area contributed by atoms with Gasteiger partial charge in [0.25, 0.3) is 0 Å². The summed E-state index contributed by atoms with van der Waals surface area (Å²) in [4.78, 5) is 26.0. The maximum Gasteiger partial charge on any atom is 0.309 e. The molecule has 5 saturated carbocycles. The second-order valence-corrected chi connectivity index (χ2v) is 12.7. The minimum atomic E-state index is 0.00379. The Morgan fingerprint density at radius 2 is 1.58 bits per heavy atom. The normalized spacial score (nSPS) is 42.1. The third-order valence-corrected chi connectivity index (χ3v) is 9.60. The molecule has 0 aromatic heterocycles. The van der Waals surface area contributed by atoms with E-state index in [1.54, 1.807) is 0 Å². The van der Waals surface area contributed by atoms with Crippen molar-refractivity contribution in [2.24, 2.45) is 52.8 Å². The van der Waals surface area contributed by atoms with E-state index in [9.17, 15) is 9.59 Å². The maximum atomic E-state index is 13.0. The fourth-order valence-electron chi connectivity index (χ4n) is 8.59. The summed E-state index contributed by atoms with van der Waals surface area (Å²) in [6.45, 7) is 8.70. The Balaban J connectivity index is 1.23. The summed E-state index contributed by atoms with van der Waals surface area (Å²) >= 11 is 0. The summed E-state index contributed by atoms with van der Waals surface area (Å²) in [6.07, 6.45) is 11.0. The minimum absolute atomic E-state index is 0.00379. The molecule has 5 fully saturated rings. The van der Waals surface area contributed by atoms with Crippen LogP contribution in [0.1, 0.15) is 91.9 Å². The summed E-state index contributed by atoms with van der Waals surface area (Å²) in [7, 11) is 0. The number of hydrogen-bond acceptors (Lipinski definition) is 4. The Kier molecular flexibility index (Phi) is 5.66. The highest BCUT2D eigenvalue weighted by Crippen LogP contribution is 2.69. The van der Waals surface area contributed by atoms with Gasteiger partial charge in [0.15, 0.2) is 0 Å². The van der Waals surface area contributed by atoms with Gasteiger partial charge in [0.05, 0.1) is 11.8 Å². The van der Waals surface area contributed by atoms with E-state index < -0.39 is 0 Å². The van der Waals surface area contributed by atoms with E-state index in [1.165, 1.54) is 25.7 Å². The Labute approximate surface area is 188 Å². The first-order valence-electron chi connectivity index (χ1n) is 13.2. The molecule has 4 heteroatoms. The summed E-state index contributed by atoms with van der Waals surface area (Å²) in [6, 6.07) is 0. The molecule has 0 N–H and O–H groups in total. The van der Waals surface area contributed by atoms with Crippen LogP contribution in [0.3, 0.4) is 0 Å². The quantitative estimate of drug-likeness (QED) is 0.396. The van der Waals surface area contributed by atoms with Crippen LogP contribution >= 0.6 is 0 Å². The van der Waals surface area contributed by atoms with E-state index in [2.05, 4.69) is 27.7 Å². The molecular weight excluding hydrogens is 388 g/mol. The maximum absolute atomic E-state index is 13.0. The van der Waals surface area contributed by atoms with Crippen LogP contribution in [-0.4, -0.2) is 24.1 Å². The molecule has 5 aliphatic rings. The predicted molar refractivity (Wildman–Crippen MR) is 119 cm³/mol. The number of ether oxygens (including phenoxy) is 2. The van der Waals surface area contributed by atoms with Gasteiger partial charge < -0.3 is 9.47 Å². The zero-order valence-electron chi connectivity index (χ0n) is 20.0. The highest BCUT2D eigenvalue weighted by atomic mass is 16.5. The number of esters is 2. The molecule has 4 bridgehead atoms. The largest absolute Gasteiger partial charge is 0.462 e. The molecule has 9 unspecified atom stereocenters. The number of carbonyl (C=O) groups is 2. The smallest absolute Gasteiger partial charge is 0.309 e. The van der Waals surface area contributed by atoms with Crippen LogP contribution in [0, 0.1) is 52.8 Å². The second kappa shape index (κ2) is 8.06. The lowest BCUT2D eigenvalue weighted by Gasteiger charge is -2.41. The number of rotatable bonds is 6. The summed E-state index contributed by atoms with van der Waals surface area (Å²) in [5.74, 6) is 3.92. The lowest BCUT2D eigenvalue weighted by Crippen LogP contribution is -2.42. The van der Waals surface area contributed by atoms with E-state index in [4.69, 9.17) is 9.47 Å². The van der Waals surface area contributed by atoms with Gasteiger partial charge in [-0.25, -0.2) is 0 Å². The molecule has 0 spiro atoms. The molecule has 5 rings (SSSR count). The lowest BCUT2D eigenvalue weighted by atomic mass is 9.66. The van der Waals surface area contributed by atoms with Crippen LogP contribution in [0.5, 0.6) is 0 Å². The molecule has 4 nitrogen and oxygen atoms in total. The van der Waals surface area contributed by atoms with Gasteiger partial charge in [-0.3, -0.25) is 9.59 Å². The molecule has 174 valence electrons. The van der Waals surface area contributed by atoms with E-state index in [1.807, 2.05) is 0 Å². The van der Waals surface area contributed by atoms with Gasteiger partial charge in [0, 0.05) is 0 Å². The SMILES string of the molecule is CCC(CC(C)(C)C)C(=O)OC1CC2CC1C1C3CC(CC3C(=O)OC3CCCC3)C21. The van der Waals surface area contributed by atoms with Crippen LogP contribution in [0.4, 0.5) is 0 Å². The average Bonchev–Trinajstić information content (AvgIpc) is 3.49. The van der Waals surface area contributed by atoms with Crippen molar-refractivity contribution in [2.45, 2.75) is 104 Å². The molecule has 0 radical (unpaired) electrons. The monoisotopic (exact) mass is 430 g/mol. The third-order valence-electron chi connectivity index (χ3n) is 9.60. The number of carbonyl (C=O) groups excluding carboxylic acids is 2. The van der Waals surface area contributed by atoms with E-state index in [-0.39, 0.29) is 41.4 Å². The first kappa shape index (κ1) is 21.8. The summed E-state index contributed by atoms with van der Waals surface area (Å²) in [5.41, 5.74) is 0.136. The molecular formula is C27H42O4. The highest BCUT2D eigenvalue weighted by Gasteiger charge is 2.66. The fourth-order valence-corrected chi connectivity index (χ4v) is 8.59. The molecule has 5 aliphatic carbocycles. The summed E-state index contributed by atoms with van der Waals surface area (Å²) in [5, 5.41) is 0. The highest BCUT2D eigenvalue weighted by molar-refractivity contribution is 5.74. The molecule has 0 saturated heterocycles. The van der Waals surface area contributed by atoms with Gasteiger partial charge >= 0.3 is 11.9 Å². The van der Waals surface area contributed by atoms with Gasteiger partial charge in [-0.2, -0.15) is 0 Å². The van der Waals surface area contributed by atoms with Gasteiger partial charge in [0.2, 0.25) is 0 Å². The summed E-state index contributed by atoms with van der Waals surface area (Å²) < 4.78 is 12.1. The Morgan fingerprint density at radius 1 is 0.903 bits per heavy atom. The minimum Gasteiger partial charge on any atom is -0.462 e. The van der Waals surface area contributed by atoms with Crippen molar-refractivity contribution in [3.63, 3.8) is 0 Å². The number of hydrogen-bond donors (Lipinski definition) is 0. The van der Waals surface area contributed by atoms with Gasteiger partial charge in [-0.1, -0.05) is 27.7 Å². The number of fused-ring (bicyclic) bond motifs is 9.